The van der Waals surface area contributed by atoms with Gasteiger partial charge >= 0.3 is 5.97 Å². The minimum absolute atomic E-state index is 0.166. The third-order valence-corrected chi connectivity index (χ3v) is 5.68. The van der Waals surface area contributed by atoms with Gasteiger partial charge in [0.2, 0.25) is 5.78 Å². The Bertz CT molecular complexity index is 1190. The number of ether oxygens (including phenoxy) is 2. The number of para-hydroxylation sites is 1. The minimum Gasteiger partial charge on any atom is -0.456 e. The Kier molecular flexibility index (Phi) is 5.99. The summed E-state index contributed by atoms with van der Waals surface area (Å²) < 4.78 is 14.1. The highest BCUT2D eigenvalue weighted by Gasteiger charge is 2.22. The Morgan fingerprint density at radius 1 is 1.26 bits per heavy atom. The average Bonchev–Trinajstić information content (AvgIpc) is 3.38. The van der Waals surface area contributed by atoms with Crippen LogP contribution in [0.2, 0.25) is 0 Å². The lowest BCUT2D eigenvalue weighted by molar-refractivity contribution is -0.143. The monoisotopic (exact) mass is 423 g/mol. The lowest BCUT2D eigenvalue weighted by atomic mass is 10.1. The molecule has 0 bridgehead atoms. The van der Waals surface area contributed by atoms with Gasteiger partial charge in [-0.15, -0.1) is 0 Å². The van der Waals surface area contributed by atoms with Crippen LogP contribution >= 0.6 is 0 Å². The Balaban J connectivity index is 1.39. The number of Topliss-reactive ketones (excluding diaryl/α,β-unsaturated/α-hetero) is 1. The maximum atomic E-state index is 12.7. The quantitative estimate of drug-likeness (QED) is 0.428. The van der Waals surface area contributed by atoms with Crippen LogP contribution < -0.4 is 5.56 Å². The lowest BCUT2D eigenvalue weighted by Gasteiger charge is -2.14. The highest BCUT2D eigenvalue weighted by molar-refractivity contribution is 5.99. The summed E-state index contributed by atoms with van der Waals surface area (Å²) in [4.78, 5) is 41.6. The zero-order valence-corrected chi connectivity index (χ0v) is 17.7. The molecule has 0 N–H and O–H groups in total. The first-order chi connectivity index (χ1) is 14.9. The van der Waals surface area contributed by atoms with E-state index in [1.54, 1.807) is 24.3 Å². The van der Waals surface area contributed by atoms with Crippen molar-refractivity contribution in [3.05, 3.63) is 64.0 Å². The smallest absolute Gasteiger partial charge is 0.326 e. The fourth-order valence-electron chi connectivity index (χ4n) is 3.98. The second-order valence-corrected chi connectivity index (χ2v) is 7.81. The van der Waals surface area contributed by atoms with Crippen LogP contribution in [-0.4, -0.2) is 45.2 Å². The number of aryl methyl sites for hydroxylation is 1. The molecule has 1 unspecified atom stereocenters. The Morgan fingerprint density at radius 3 is 2.84 bits per heavy atom. The molecule has 4 rings (SSSR count). The summed E-state index contributed by atoms with van der Waals surface area (Å²) in [5.74, 6) is -0.940. The molecule has 31 heavy (non-hydrogen) atoms. The second kappa shape index (κ2) is 8.85. The topological polar surface area (TPSA) is 92.4 Å². The fraction of sp³-hybridized carbons (Fsp3) is 0.391. The maximum Gasteiger partial charge on any atom is 0.326 e. The van der Waals surface area contributed by atoms with Gasteiger partial charge in [0.05, 0.1) is 23.3 Å². The number of carbonyl (C=O) groups excluding carboxylic acids is 2. The number of carbonyl (C=O) groups is 2. The summed E-state index contributed by atoms with van der Waals surface area (Å²) in [7, 11) is 0. The molecule has 8 nitrogen and oxygen atoms in total. The number of rotatable bonds is 7. The van der Waals surface area contributed by atoms with Crippen molar-refractivity contribution < 1.29 is 19.1 Å². The number of aromatic nitrogens is 3. The van der Waals surface area contributed by atoms with Gasteiger partial charge in [-0.05, 0) is 44.9 Å². The summed E-state index contributed by atoms with van der Waals surface area (Å²) in [5, 5.41) is 0.424. The van der Waals surface area contributed by atoms with Gasteiger partial charge in [0.15, 0.2) is 6.61 Å². The predicted molar refractivity (Wildman–Crippen MR) is 114 cm³/mol. The van der Waals surface area contributed by atoms with Gasteiger partial charge in [0.1, 0.15) is 6.54 Å². The van der Waals surface area contributed by atoms with Crippen LogP contribution in [-0.2, 0) is 27.4 Å². The SMILES string of the molecule is Cc1cc(C(=O)COC(=O)Cn2cnc3ccccc3c2=O)c(C)n1CC1CCCO1. The summed E-state index contributed by atoms with van der Waals surface area (Å²) >= 11 is 0. The van der Waals surface area contributed by atoms with Crippen LogP contribution in [0.5, 0.6) is 0 Å². The largest absolute Gasteiger partial charge is 0.456 e. The molecule has 3 aromatic rings. The van der Waals surface area contributed by atoms with Gasteiger partial charge in [0.25, 0.3) is 5.56 Å². The third-order valence-electron chi connectivity index (χ3n) is 5.68. The van der Waals surface area contributed by atoms with Crippen LogP contribution in [0, 0.1) is 13.8 Å². The molecule has 1 atom stereocenters. The number of fused-ring (bicyclic) bond motifs is 1. The van der Waals surface area contributed by atoms with Crippen molar-refractivity contribution in [2.75, 3.05) is 13.2 Å². The van der Waals surface area contributed by atoms with Crippen LogP contribution in [0.3, 0.4) is 0 Å². The van der Waals surface area contributed by atoms with E-state index in [0.29, 0.717) is 23.0 Å². The van der Waals surface area contributed by atoms with E-state index in [9.17, 15) is 14.4 Å². The van der Waals surface area contributed by atoms with Gasteiger partial charge in [-0.1, -0.05) is 12.1 Å². The zero-order valence-electron chi connectivity index (χ0n) is 17.7. The number of nitrogens with zero attached hydrogens (tertiary/aromatic N) is 3. The Labute approximate surface area is 179 Å². The first-order valence-electron chi connectivity index (χ1n) is 10.4. The predicted octanol–water partition coefficient (Wildman–Crippen LogP) is 2.42. The lowest BCUT2D eigenvalue weighted by Crippen LogP contribution is -2.27. The van der Waals surface area contributed by atoms with E-state index >= 15 is 0 Å². The van der Waals surface area contributed by atoms with E-state index in [0.717, 1.165) is 30.8 Å². The van der Waals surface area contributed by atoms with Gasteiger partial charge in [0, 0.05) is 30.1 Å². The van der Waals surface area contributed by atoms with Gasteiger partial charge in [-0.25, -0.2) is 4.98 Å². The Morgan fingerprint density at radius 2 is 2.06 bits per heavy atom. The Hall–Kier alpha value is -3.26. The van der Waals surface area contributed by atoms with Gasteiger partial charge < -0.3 is 14.0 Å². The molecule has 0 aliphatic carbocycles. The van der Waals surface area contributed by atoms with E-state index in [1.807, 2.05) is 19.9 Å². The third kappa shape index (κ3) is 4.44. The molecule has 162 valence electrons. The van der Waals surface area contributed by atoms with E-state index in [-0.39, 0.29) is 30.6 Å². The molecule has 1 saturated heterocycles. The summed E-state index contributed by atoms with van der Waals surface area (Å²) in [6.45, 7) is 4.65. The molecule has 0 spiro atoms. The van der Waals surface area contributed by atoms with Crippen molar-refractivity contribution in [3.8, 4) is 0 Å². The molecule has 1 aromatic carbocycles. The van der Waals surface area contributed by atoms with Crippen molar-refractivity contribution in [2.45, 2.75) is 45.9 Å². The molecular formula is C23H25N3O5. The van der Waals surface area contributed by atoms with E-state index in [1.165, 1.54) is 10.9 Å². The number of hydrogen-bond donors (Lipinski definition) is 0. The maximum absolute atomic E-state index is 12.7. The van der Waals surface area contributed by atoms with Crippen molar-refractivity contribution in [1.29, 1.82) is 0 Å². The molecule has 0 amide bonds. The van der Waals surface area contributed by atoms with Crippen LogP contribution in [0.1, 0.15) is 34.6 Å². The first-order valence-corrected chi connectivity index (χ1v) is 10.4. The average molecular weight is 423 g/mol. The zero-order chi connectivity index (χ0) is 22.0. The molecule has 0 saturated carbocycles. The minimum atomic E-state index is -0.666. The molecule has 1 aliphatic heterocycles. The van der Waals surface area contributed by atoms with Crippen molar-refractivity contribution in [1.82, 2.24) is 14.1 Å². The van der Waals surface area contributed by atoms with E-state index in [2.05, 4.69) is 9.55 Å². The van der Waals surface area contributed by atoms with Crippen molar-refractivity contribution >= 4 is 22.7 Å². The number of benzene rings is 1. The van der Waals surface area contributed by atoms with E-state index in [4.69, 9.17) is 9.47 Å². The second-order valence-electron chi connectivity index (χ2n) is 7.81. The molecule has 1 fully saturated rings. The number of ketones is 1. The van der Waals surface area contributed by atoms with Crippen molar-refractivity contribution in [2.24, 2.45) is 0 Å². The number of esters is 1. The molecular weight excluding hydrogens is 398 g/mol. The summed E-state index contributed by atoms with van der Waals surface area (Å²) in [6.07, 6.45) is 3.55. The first kappa shape index (κ1) is 21.0. The highest BCUT2D eigenvalue weighted by Crippen LogP contribution is 2.20. The number of hydrogen-bond acceptors (Lipinski definition) is 6. The standard InChI is InChI=1S/C23H25N3O5/c1-15-10-19(16(2)26(15)11-17-6-5-9-30-17)21(27)13-31-22(28)12-25-14-24-20-8-4-3-7-18(20)23(25)29/h3-4,7-8,10,14,17H,5-6,9,11-13H2,1-2H3. The molecule has 1 aliphatic rings. The van der Waals surface area contributed by atoms with E-state index < -0.39 is 5.97 Å². The van der Waals surface area contributed by atoms with Crippen LogP contribution in [0.15, 0.2) is 41.5 Å². The van der Waals surface area contributed by atoms with Gasteiger partial charge in [-0.3, -0.25) is 19.0 Å². The summed E-state index contributed by atoms with van der Waals surface area (Å²) in [6, 6.07) is 8.73. The fourth-order valence-corrected chi connectivity index (χ4v) is 3.98. The molecule has 8 heteroatoms. The molecule has 2 aromatic heterocycles. The normalized spacial score (nSPS) is 16.0. The van der Waals surface area contributed by atoms with Crippen LogP contribution in [0.25, 0.3) is 10.9 Å². The van der Waals surface area contributed by atoms with Crippen molar-refractivity contribution in [3.63, 3.8) is 0 Å². The summed E-state index contributed by atoms with van der Waals surface area (Å²) in [5.41, 5.74) is 2.57. The van der Waals surface area contributed by atoms with Gasteiger partial charge in [-0.2, -0.15) is 0 Å². The molecule has 0 radical (unpaired) electrons. The highest BCUT2D eigenvalue weighted by atomic mass is 16.5. The molecule has 3 heterocycles. The van der Waals surface area contributed by atoms with Crippen LogP contribution in [0.4, 0.5) is 0 Å².